The zero-order chi connectivity index (χ0) is 31.1. The van der Waals surface area contributed by atoms with E-state index in [1.54, 1.807) is 12.1 Å². The van der Waals surface area contributed by atoms with Crippen molar-refractivity contribution in [2.24, 2.45) is 17.6 Å². The van der Waals surface area contributed by atoms with Gasteiger partial charge in [-0.2, -0.15) is 0 Å². The first-order valence-electron chi connectivity index (χ1n) is 15.2. The number of hydrogen-bond acceptors (Lipinski definition) is 11. The van der Waals surface area contributed by atoms with Crippen LogP contribution in [-0.2, 0) is 9.53 Å². The summed E-state index contributed by atoms with van der Waals surface area (Å²) in [6.07, 6.45) is 2.77. The van der Waals surface area contributed by atoms with E-state index in [9.17, 15) is 14.7 Å². The summed E-state index contributed by atoms with van der Waals surface area (Å²) in [6.45, 7) is 4.98. The highest BCUT2D eigenvalue weighted by Crippen LogP contribution is 2.55. The fraction of sp³-hybridized carbons (Fsp3) is 0.548. The molecule has 1 fully saturated rings. The van der Waals surface area contributed by atoms with Crippen LogP contribution in [-0.4, -0.2) is 84.0 Å². The fourth-order valence-corrected chi connectivity index (χ4v) is 6.26. The molecular weight excluding hydrogens is 570 g/mol. The molecule has 4 atom stereocenters. The third kappa shape index (κ3) is 6.74. The Hall–Kier alpha value is -3.94. The van der Waals surface area contributed by atoms with Gasteiger partial charge in [-0.05, 0) is 92.9 Å². The molecule has 0 spiro atoms. The molecule has 2 aliphatic heterocycles. The van der Waals surface area contributed by atoms with Crippen molar-refractivity contribution in [2.75, 3.05) is 66.9 Å². The Morgan fingerprint density at radius 3 is 2.16 bits per heavy atom. The summed E-state index contributed by atoms with van der Waals surface area (Å²) >= 11 is 0. The molecule has 13 heteroatoms. The number of nitrogens with one attached hydrogen (secondary N) is 4. The second-order valence-corrected chi connectivity index (χ2v) is 11.1. The normalized spacial score (nSPS) is 21.3. The first-order chi connectivity index (χ1) is 21.5. The second kappa shape index (κ2) is 14.7. The van der Waals surface area contributed by atoms with Gasteiger partial charge in [0.2, 0.25) is 12.5 Å². The first-order valence-corrected chi connectivity index (χ1v) is 15.2. The predicted molar refractivity (Wildman–Crippen MR) is 161 cm³/mol. The van der Waals surface area contributed by atoms with Crippen LogP contribution in [0.15, 0.2) is 24.3 Å². The van der Waals surface area contributed by atoms with Gasteiger partial charge in [0, 0.05) is 18.4 Å². The number of benzene rings is 2. The number of nitrogens with two attached hydrogens (primary N) is 1. The number of ether oxygens (including phenoxy) is 5. The minimum absolute atomic E-state index is 0.0794. The van der Waals surface area contributed by atoms with E-state index in [0.29, 0.717) is 30.2 Å². The molecule has 5 rings (SSSR count). The molecule has 0 saturated carbocycles. The number of fused-ring (bicyclic) bond motifs is 3. The maximum atomic E-state index is 13.3. The standard InChI is InChI=1S/C31H43N5O8/c1-40-24-12-18(13-25(41-2)29(24)37)26-19-14-22-23(44-17-43-22)15-20(19)28(21-16-42-30(38)27(21)26)36-31(39)35-11-5-10-34-9-4-8-33-7-3-6-32/h12-15,21,26-28,33-34,37H,3-11,16-17,32H2,1-2H3,(H2,35,36,39). The van der Waals surface area contributed by atoms with Crippen LogP contribution in [0.25, 0.3) is 0 Å². The molecule has 0 radical (unpaired) electrons. The van der Waals surface area contributed by atoms with Gasteiger partial charge >= 0.3 is 12.0 Å². The van der Waals surface area contributed by atoms with Gasteiger partial charge in [0.25, 0.3) is 0 Å². The number of phenols is 1. The van der Waals surface area contributed by atoms with Crippen LogP contribution in [0.3, 0.4) is 0 Å². The Balaban J connectivity index is 1.30. The van der Waals surface area contributed by atoms with E-state index < -0.39 is 17.9 Å². The number of phenolic OH excluding ortho intramolecular Hbond substituents is 1. The van der Waals surface area contributed by atoms with Crippen LogP contribution in [0.4, 0.5) is 4.79 Å². The van der Waals surface area contributed by atoms with E-state index in [2.05, 4.69) is 21.3 Å². The van der Waals surface area contributed by atoms with E-state index in [0.717, 1.165) is 56.6 Å². The van der Waals surface area contributed by atoms with E-state index in [1.807, 2.05) is 12.1 Å². The molecule has 0 aromatic heterocycles. The van der Waals surface area contributed by atoms with Gasteiger partial charge in [0.1, 0.15) is 0 Å². The summed E-state index contributed by atoms with van der Waals surface area (Å²) in [4.78, 5) is 26.4. The van der Waals surface area contributed by atoms with E-state index in [4.69, 9.17) is 29.4 Å². The Kier molecular flexibility index (Phi) is 10.5. The summed E-state index contributed by atoms with van der Waals surface area (Å²) in [5.74, 6) is -0.368. The van der Waals surface area contributed by atoms with Crippen molar-refractivity contribution in [2.45, 2.75) is 31.2 Å². The molecule has 13 nitrogen and oxygen atoms in total. The maximum absolute atomic E-state index is 13.3. The summed E-state index contributed by atoms with van der Waals surface area (Å²) in [5.41, 5.74) is 7.80. The molecule has 44 heavy (non-hydrogen) atoms. The minimum atomic E-state index is -0.610. The van der Waals surface area contributed by atoms with E-state index in [-0.39, 0.29) is 48.6 Å². The van der Waals surface area contributed by atoms with Crippen molar-refractivity contribution < 1.29 is 38.4 Å². The van der Waals surface area contributed by atoms with Crippen LogP contribution in [0, 0.1) is 11.8 Å². The van der Waals surface area contributed by atoms with Crippen LogP contribution >= 0.6 is 0 Å². The molecule has 7 N–H and O–H groups in total. The summed E-state index contributed by atoms with van der Waals surface area (Å²) in [7, 11) is 2.91. The number of amides is 2. The summed E-state index contributed by atoms with van der Waals surface area (Å²) < 4.78 is 27.8. The Labute approximate surface area is 257 Å². The SMILES string of the molecule is COc1cc(C2c3cc4c(cc3C(NC(=O)NCCCNCCCNCCCN)C3COC(=O)C23)OCO4)cc(OC)c1O. The zero-order valence-corrected chi connectivity index (χ0v) is 25.3. The molecule has 4 unspecified atom stereocenters. The van der Waals surface area contributed by atoms with Crippen molar-refractivity contribution in [3.05, 3.63) is 41.0 Å². The molecule has 2 aromatic carbocycles. The van der Waals surface area contributed by atoms with Crippen molar-refractivity contribution in [3.63, 3.8) is 0 Å². The fourth-order valence-electron chi connectivity index (χ4n) is 6.26. The predicted octanol–water partition coefficient (Wildman–Crippen LogP) is 1.72. The number of aromatic hydroxyl groups is 1. The molecule has 2 aromatic rings. The number of hydrogen-bond donors (Lipinski definition) is 6. The number of cyclic esters (lactones) is 1. The Bertz CT molecular complexity index is 1300. The number of rotatable bonds is 15. The molecule has 0 bridgehead atoms. The molecule has 240 valence electrons. The lowest BCUT2D eigenvalue weighted by Gasteiger charge is -2.39. The minimum Gasteiger partial charge on any atom is -0.502 e. The van der Waals surface area contributed by atoms with Crippen molar-refractivity contribution in [3.8, 4) is 28.7 Å². The number of carbonyl (C=O) groups excluding carboxylic acids is 2. The monoisotopic (exact) mass is 613 g/mol. The lowest BCUT2D eigenvalue weighted by Crippen LogP contribution is -2.46. The van der Waals surface area contributed by atoms with Gasteiger partial charge in [-0.3, -0.25) is 4.79 Å². The van der Waals surface area contributed by atoms with Crippen LogP contribution in [0.1, 0.15) is 47.9 Å². The van der Waals surface area contributed by atoms with Crippen LogP contribution in [0.2, 0.25) is 0 Å². The molecular formula is C31H43N5O8. The highest BCUT2D eigenvalue weighted by Gasteiger charge is 2.53. The van der Waals surface area contributed by atoms with Gasteiger partial charge in [0.05, 0.1) is 32.8 Å². The average molecular weight is 614 g/mol. The summed E-state index contributed by atoms with van der Waals surface area (Å²) in [5, 5.41) is 23.4. The molecule has 3 aliphatic rings. The third-order valence-electron chi connectivity index (χ3n) is 8.42. The highest BCUT2D eigenvalue weighted by molar-refractivity contribution is 5.80. The summed E-state index contributed by atoms with van der Waals surface area (Å²) in [6, 6.07) is 6.30. The highest BCUT2D eigenvalue weighted by atomic mass is 16.7. The molecule has 2 amide bonds. The van der Waals surface area contributed by atoms with E-state index in [1.165, 1.54) is 14.2 Å². The van der Waals surface area contributed by atoms with Gasteiger partial charge < -0.3 is 55.8 Å². The topological polar surface area (TPSA) is 175 Å². The van der Waals surface area contributed by atoms with Gasteiger partial charge in [-0.15, -0.1) is 0 Å². The number of urea groups is 1. The number of methoxy groups -OCH3 is 2. The number of esters is 1. The third-order valence-corrected chi connectivity index (χ3v) is 8.42. The van der Waals surface area contributed by atoms with Crippen molar-refractivity contribution >= 4 is 12.0 Å². The quantitative estimate of drug-likeness (QED) is 0.127. The molecule has 1 saturated heterocycles. The lowest BCUT2D eigenvalue weighted by atomic mass is 9.65. The van der Waals surface area contributed by atoms with Crippen LogP contribution < -0.4 is 45.9 Å². The smallest absolute Gasteiger partial charge is 0.315 e. The Morgan fingerprint density at radius 1 is 0.909 bits per heavy atom. The number of carbonyl (C=O) groups is 2. The largest absolute Gasteiger partial charge is 0.502 e. The second-order valence-electron chi connectivity index (χ2n) is 11.1. The van der Waals surface area contributed by atoms with Crippen molar-refractivity contribution in [1.82, 2.24) is 21.3 Å². The van der Waals surface area contributed by atoms with E-state index >= 15 is 0 Å². The van der Waals surface area contributed by atoms with Gasteiger partial charge in [-0.1, -0.05) is 0 Å². The van der Waals surface area contributed by atoms with Gasteiger partial charge in [-0.25, -0.2) is 4.79 Å². The average Bonchev–Trinajstić information content (AvgIpc) is 3.65. The van der Waals surface area contributed by atoms with Crippen molar-refractivity contribution in [1.29, 1.82) is 0 Å². The maximum Gasteiger partial charge on any atom is 0.315 e. The molecule has 2 heterocycles. The Morgan fingerprint density at radius 2 is 1.52 bits per heavy atom. The lowest BCUT2D eigenvalue weighted by molar-refractivity contribution is -0.141. The first kappa shape index (κ1) is 31.5. The van der Waals surface area contributed by atoms with Gasteiger partial charge in [0.15, 0.2) is 23.0 Å². The molecule has 1 aliphatic carbocycles. The van der Waals surface area contributed by atoms with Crippen LogP contribution in [0.5, 0.6) is 28.7 Å². The zero-order valence-electron chi connectivity index (χ0n) is 25.3.